The third-order valence-electron chi connectivity index (χ3n) is 3.19. The van der Waals surface area contributed by atoms with Crippen LogP contribution in [-0.4, -0.2) is 31.2 Å². The second-order valence-electron chi connectivity index (χ2n) is 5.16. The van der Waals surface area contributed by atoms with Gasteiger partial charge in [0.05, 0.1) is 6.61 Å². The predicted molar refractivity (Wildman–Crippen MR) is 59.4 cm³/mol. The molecule has 0 aliphatic carbocycles. The van der Waals surface area contributed by atoms with Crippen LogP contribution in [0.2, 0.25) is 0 Å². The van der Waals surface area contributed by atoms with E-state index >= 15 is 0 Å². The Kier molecular flexibility index (Phi) is 3.73. The van der Waals surface area contributed by atoms with Gasteiger partial charge < -0.3 is 15.8 Å². The van der Waals surface area contributed by atoms with Gasteiger partial charge >= 0.3 is 0 Å². The van der Waals surface area contributed by atoms with Crippen LogP contribution in [0.1, 0.15) is 33.6 Å². The fourth-order valence-corrected chi connectivity index (χ4v) is 1.38. The molecule has 1 heterocycles. The molecule has 0 saturated carbocycles. The molecule has 0 radical (unpaired) electrons. The summed E-state index contributed by atoms with van der Waals surface area (Å²) in [6, 6.07) is 0. The van der Waals surface area contributed by atoms with Gasteiger partial charge in [-0.3, -0.25) is 4.79 Å². The van der Waals surface area contributed by atoms with Gasteiger partial charge in [-0.15, -0.1) is 0 Å². The summed E-state index contributed by atoms with van der Waals surface area (Å²) in [5.74, 6) is -0.0819. The predicted octanol–water partition coefficient (Wildman–Crippen LogP) is 0.657. The molecule has 1 aliphatic heterocycles. The van der Waals surface area contributed by atoms with Gasteiger partial charge in [-0.25, -0.2) is 0 Å². The maximum Gasteiger partial charge on any atom is 0.242 e. The van der Waals surface area contributed by atoms with Crippen molar-refractivity contribution in [2.75, 3.05) is 19.8 Å². The highest BCUT2D eigenvalue weighted by Crippen LogP contribution is 2.19. The molecule has 1 atom stereocenters. The van der Waals surface area contributed by atoms with Gasteiger partial charge in [0.2, 0.25) is 5.91 Å². The van der Waals surface area contributed by atoms with Crippen LogP contribution in [0.15, 0.2) is 0 Å². The molecule has 0 aromatic carbocycles. The first kappa shape index (κ1) is 12.5. The van der Waals surface area contributed by atoms with E-state index in [-0.39, 0.29) is 11.3 Å². The average molecular weight is 214 g/mol. The molecular formula is C11H22N2O2. The first-order chi connectivity index (χ1) is 6.90. The van der Waals surface area contributed by atoms with Crippen molar-refractivity contribution < 1.29 is 9.53 Å². The van der Waals surface area contributed by atoms with E-state index in [4.69, 9.17) is 10.5 Å². The molecule has 1 unspecified atom stereocenters. The van der Waals surface area contributed by atoms with Crippen molar-refractivity contribution in [1.29, 1.82) is 0 Å². The smallest absolute Gasteiger partial charge is 0.242 e. The Balaban J connectivity index is 2.42. The minimum absolute atomic E-state index is 0.0819. The summed E-state index contributed by atoms with van der Waals surface area (Å²) in [5, 5.41) is 2.91. The topological polar surface area (TPSA) is 64.4 Å². The molecule has 0 spiro atoms. The molecule has 1 saturated heterocycles. The minimum atomic E-state index is -0.802. The number of rotatable bonds is 4. The number of ether oxygens (including phenoxy) is 1. The highest BCUT2D eigenvalue weighted by molar-refractivity contribution is 5.86. The molecule has 1 fully saturated rings. The number of nitrogens with one attached hydrogen (secondary N) is 1. The van der Waals surface area contributed by atoms with E-state index < -0.39 is 5.54 Å². The Hall–Kier alpha value is -0.610. The molecule has 1 amide bonds. The Labute approximate surface area is 91.5 Å². The molecule has 1 rings (SSSR count). The molecule has 4 nitrogen and oxygen atoms in total. The van der Waals surface area contributed by atoms with E-state index in [2.05, 4.69) is 26.1 Å². The quantitative estimate of drug-likeness (QED) is 0.722. The van der Waals surface area contributed by atoms with Gasteiger partial charge in [0.1, 0.15) is 5.54 Å². The third-order valence-corrected chi connectivity index (χ3v) is 3.19. The zero-order valence-corrected chi connectivity index (χ0v) is 9.93. The lowest BCUT2D eigenvalue weighted by Crippen LogP contribution is -2.55. The largest absolute Gasteiger partial charge is 0.379 e. The Bertz CT molecular complexity index is 233. The van der Waals surface area contributed by atoms with E-state index in [1.54, 1.807) is 0 Å². The van der Waals surface area contributed by atoms with Crippen molar-refractivity contribution >= 4 is 5.91 Å². The van der Waals surface area contributed by atoms with Gasteiger partial charge in [-0.2, -0.15) is 0 Å². The van der Waals surface area contributed by atoms with Crippen molar-refractivity contribution in [3.8, 4) is 0 Å². The monoisotopic (exact) mass is 214 g/mol. The number of hydrogen-bond acceptors (Lipinski definition) is 3. The lowest BCUT2D eigenvalue weighted by Gasteiger charge is -2.26. The Morgan fingerprint density at radius 1 is 1.60 bits per heavy atom. The highest BCUT2D eigenvalue weighted by Gasteiger charge is 2.38. The van der Waals surface area contributed by atoms with E-state index in [1.807, 2.05) is 0 Å². The van der Waals surface area contributed by atoms with E-state index in [1.165, 1.54) is 0 Å². The zero-order chi connectivity index (χ0) is 11.5. The molecular weight excluding hydrogens is 192 g/mol. The second kappa shape index (κ2) is 4.49. The summed E-state index contributed by atoms with van der Waals surface area (Å²) in [5.41, 5.74) is 5.27. The Morgan fingerprint density at radius 3 is 2.73 bits per heavy atom. The highest BCUT2D eigenvalue weighted by atomic mass is 16.5. The van der Waals surface area contributed by atoms with Crippen LogP contribution in [0.4, 0.5) is 0 Å². The summed E-state index contributed by atoms with van der Waals surface area (Å²) in [7, 11) is 0. The first-order valence-corrected chi connectivity index (χ1v) is 5.55. The lowest BCUT2D eigenvalue weighted by molar-refractivity contribution is -0.126. The van der Waals surface area contributed by atoms with Crippen molar-refractivity contribution in [1.82, 2.24) is 5.32 Å². The summed E-state index contributed by atoms with van der Waals surface area (Å²) in [6.07, 6.45) is 1.65. The maximum absolute atomic E-state index is 11.8. The molecule has 0 aromatic rings. The van der Waals surface area contributed by atoms with E-state index in [0.29, 0.717) is 26.2 Å². The van der Waals surface area contributed by atoms with Crippen LogP contribution in [0, 0.1) is 5.41 Å². The summed E-state index contributed by atoms with van der Waals surface area (Å²) in [6.45, 7) is 7.96. The van der Waals surface area contributed by atoms with Crippen molar-refractivity contribution in [3.05, 3.63) is 0 Å². The standard InChI is InChI=1S/C11H22N2O2/c1-4-10(2,3)7-13-9(14)11(12)5-6-15-8-11/h4-8,12H2,1-3H3,(H,13,14). The van der Waals surface area contributed by atoms with Crippen LogP contribution in [0.25, 0.3) is 0 Å². The van der Waals surface area contributed by atoms with Crippen LogP contribution < -0.4 is 11.1 Å². The van der Waals surface area contributed by atoms with E-state index in [9.17, 15) is 4.79 Å². The maximum atomic E-state index is 11.8. The Morgan fingerprint density at radius 2 is 2.27 bits per heavy atom. The van der Waals surface area contributed by atoms with Crippen LogP contribution in [0.5, 0.6) is 0 Å². The SMILES string of the molecule is CCC(C)(C)CNC(=O)C1(N)CCOC1. The average Bonchev–Trinajstić information content (AvgIpc) is 2.63. The second-order valence-corrected chi connectivity index (χ2v) is 5.16. The van der Waals surface area contributed by atoms with Gasteiger partial charge in [0, 0.05) is 13.2 Å². The van der Waals surface area contributed by atoms with Crippen LogP contribution >= 0.6 is 0 Å². The molecule has 4 heteroatoms. The molecule has 0 aromatic heterocycles. The fraction of sp³-hybridized carbons (Fsp3) is 0.909. The van der Waals surface area contributed by atoms with E-state index in [0.717, 1.165) is 6.42 Å². The first-order valence-electron chi connectivity index (χ1n) is 5.55. The molecule has 88 valence electrons. The van der Waals surface area contributed by atoms with Gasteiger partial charge in [-0.05, 0) is 18.3 Å². The van der Waals surface area contributed by atoms with Crippen LogP contribution in [-0.2, 0) is 9.53 Å². The molecule has 0 bridgehead atoms. The summed E-state index contributed by atoms with van der Waals surface area (Å²) >= 11 is 0. The fourth-order valence-electron chi connectivity index (χ4n) is 1.38. The lowest BCUT2D eigenvalue weighted by atomic mass is 9.89. The van der Waals surface area contributed by atoms with Crippen molar-refractivity contribution in [2.45, 2.75) is 39.2 Å². The van der Waals surface area contributed by atoms with Gasteiger partial charge in [0.15, 0.2) is 0 Å². The third kappa shape index (κ3) is 3.18. The number of carbonyl (C=O) groups excluding carboxylic acids is 1. The number of carbonyl (C=O) groups is 1. The van der Waals surface area contributed by atoms with Gasteiger partial charge in [0.25, 0.3) is 0 Å². The summed E-state index contributed by atoms with van der Waals surface area (Å²) < 4.78 is 5.15. The number of amides is 1. The normalized spacial score (nSPS) is 26.7. The van der Waals surface area contributed by atoms with Crippen molar-refractivity contribution in [2.24, 2.45) is 11.1 Å². The number of nitrogens with two attached hydrogens (primary N) is 1. The van der Waals surface area contributed by atoms with Crippen molar-refractivity contribution in [3.63, 3.8) is 0 Å². The summed E-state index contributed by atoms with van der Waals surface area (Å²) in [4.78, 5) is 11.8. The molecule has 3 N–H and O–H groups in total. The molecule has 1 aliphatic rings. The minimum Gasteiger partial charge on any atom is -0.379 e. The zero-order valence-electron chi connectivity index (χ0n) is 9.93. The molecule has 15 heavy (non-hydrogen) atoms. The van der Waals surface area contributed by atoms with Gasteiger partial charge in [-0.1, -0.05) is 20.8 Å². The number of hydrogen-bond donors (Lipinski definition) is 2. The van der Waals surface area contributed by atoms with Crippen LogP contribution in [0.3, 0.4) is 0 Å².